The smallest absolute Gasteiger partial charge is 0.181 e. The zero-order chi connectivity index (χ0) is 14.8. The maximum atomic E-state index is 12.3. The van der Waals surface area contributed by atoms with Gasteiger partial charge in [0, 0.05) is 19.0 Å². The van der Waals surface area contributed by atoms with Gasteiger partial charge in [0.15, 0.2) is 5.78 Å². The lowest BCUT2D eigenvalue weighted by Gasteiger charge is -2.06. The predicted molar refractivity (Wildman–Crippen MR) is 82.0 cm³/mol. The molecule has 0 saturated heterocycles. The van der Waals surface area contributed by atoms with Crippen molar-refractivity contribution in [2.45, 2.75) is 33.1 Å². The Morgan fingerprint density at radius 1 is 1.29 bits per heavy atom. The van der Waals surface area contributed by atoms with Gasteiger partial charge in [0.1, 0.15) is 11.4 Å². The summed E-state index contributed by atoms with van der Waals surface area (Å²) in [5.74, 6) is 1.10. The maximum absolute atomic E-state index is 12.3. The summed E-state index contributed by atoms with van der Waals surface area (Å²) in [7, 11) is 0. The van der Waals surface area contributed by atoms with E-state index in [2.05, 4.69) is 11.1 Å². The molecule has 0 aliphatic carbocycles. The fourth-order valence-corrected chi connectivity index (χ4v) is 2.78. The third-order valence-corrected chi connectivity index (χ3v) is 3.87. The van der Waals surface area contributed by atoms with E-state index in [1.807, 2.05) is 32.0 Å². The lowest BCUT2D eigenvalue weighted by Crippen LogP contribution is -2.06. The number of aromatic nitrogens is 1. The summed E-state index contributed by atoms with van der Waals surface area (Å²) in [6, 6.07) is 8.22. The SMILES string of the molecule is Cc1cnc(C(=O)CCc2ccc3c(c2)CCO3)c(C)c1. The van der Waals surface area contributed by atoms with Crippen molar-refractivity contribution in [3.63, 3.8) is 0 Å². The molecule has 0 amide bonds. The van der Waals surface area contributed by atoms with Crippen LogP contribution in [0.15, 0.2) is 30.5 Å². The first-order valence-corrected chi connectivity index (χ1v) is 7.34. The third-order valence-electron chi connectivity index (χ3n) is 3.87. The first-order chi connectivity index (χ1) is 10.1. The van der Waals surface area contributed by atoms with Gasteiger partial charge < -0.3 is 4.74 Å². The minimum absolute atomic E-state index is 0.115. The molecule has 0 atom stereocenters. The Hall–Kier alpha value is -2.16. The summed E-state index contributed by atoms with van der Waals surface area (Å²) in [6.07, 6.45) is 3.97. The summed E-state index contributed by atoms with van der Waals surface area (Å²) < 4.78 is 5.50. The number of hydrogen-bond acceptors (Lipinski definition) is 3. The minimum atomic E-state index is 0.115. The number of carbonyl (C=O) groups excluding carboxylic acids is 1. The number of rotatable bonds is 4. The number of nitrogens with zero attached hydrogens (tertiary/aromatic N) is 1. The van der Waals surface area contributed by atoms with Gasteiger partial charge in [0.25, 0.3) is 0 Å². The van der Waals surface area contributed by atoms with Crippen LogP contribution in [-0.2, 0) is 12.8 Å². The molecule has 1 aliphatic rings. The number of Topliss-reactive ketones (excluding diaryl/α,β-unsaturated/α-hetero) is 1. The molecule has 2 heterocycles. The summed E-state index contributed by atoms with van der Waals surface area (Å²) in [5, 5.41) is 0. The van der Waals surface area contributed by atoms with Gasteiger partial charge in [0.2, 0.25) is 0 Å². The molecule has 2 aromatic rings. The quantitative estimate of drug-likeness (QED) is 0.806. The average Bonchev–Trinajstić information content (AvgIpc) is 2.92. The van der Waals surface area contributed by atoms with E-state index in [0.717, 1.165) is 36.3 Å². The van der Waals surface area contributed by atoms with Gasteiger partial charge in [-0.1, -0.05) is 18.2 Å². The van der Waals surface area contributed by atoms with Crippen molar-refractivity contribution in [2.75, 3.05) is 6.61 Å². The van der Waals surface area contributed by atoms with Crippen molar-refractivity contribution >= 4 is 5.78 Å². The molecule has 0 spiro atoms. The fourth-order valence-electron chi connectivity index (χ4n) is 2.78. The largest absolute Gasteiger partial charge is 0.493 e. The van der Waals surface area contributed by atoms with Crippen LogP contribution < -0.4 is 4.74 Å². The van der Waals surface area contributed by atoms with Gasteiger partial charge in [0.05, 0.1) is 6.61 Å². The Morgan fingerprint density at radius 3 is 2.95 bits per heavy atom. The molecular weight excluding hydrogens is 262 g/mol. The molecule has 0 radical (unpaired) electrons. The van der Waals surface area contributed by atoms with Crippen molar-refractivity contribution in [3.05, 3.63) is 58.4 Å². The molecule has 0 saturated carbocycles. The standard InChI is InChI=1S/C18H19NO2/c1-12-9-13(2)18(19-11-12)16(20)5-3-14-4-6-17-15(10-14)7-8-21-17/h4,6,9-11H,3,5,7-8H2,1-2H3. The molecule has 1 aliphatic heterocycles. The van der Waals surface area contributed by atoms with Crippen molar-refractivity contribution in [2.24, 2.45) is 0 Å². The topological polar surface area (TPSA) is 39.2 Å². The van der Waals surface area contributed by atoms with Crippen LogP contribution in [0.5, 0.6) is 5.75 Å². The molecule has 3 nitrogen and oxygen atoms in total. The van der Waals surface area contributed by atoms with Gasteiger partial charge in [-0.25, -0.2) is 0 Å². The van der Waals surface area contributed by atoms with Crippen LogP contribution in [-0.4, -0.2) is 17.4 Å². The number of fused-ring (bicyclic) bond motifs is 1. The van der Waals surface area contributed by atoms with E-state index in [0.29, 0.717) is 12.1 Å². The average molecular weight is 281 g/mol. The summed E-state index contributed by atoms with van der Waals surface area (Å²) in [6.45, 7) is 4.70. The zero-order valence-corrected chi connectivity index (χ0v) is 12.5. The molecule has 0 fully saturated rings. The van der Waals surface area contributed by atoms with Gasteiger partial charge in [-0.15, -0.1) is 0 Å². The normalized spacial score (nSPS) is 12.9. The Kier molecular flexibility index (Phi) is 3.74. The number of aryl methyl sites for hydroxylation is 3. The zero-order valence-electron chi connectivity index (χ0n) is 12.5. The van der Waals surface area contributed by atoms with Gasteiger partial charge in [-0.05, 0) is 48.6 Å². The highest BCUT2D eigenvalue weighted by Crippen LogP contribution is 2.26. The van der Waals surface area contributed by atoms with Crippen LogP contribution in [0.25, 0.3) is 0 Å². The Bertz CT molecular complexity index is 692. The van der Waals surface area contributed by atoms with E-state index in [-0.39, 0.29) is 5.78 Å². The monoisotopic (exact) mass is 281 g/mol. The maximum Gasteiger partial charge on any atom is 0.181 e. The van der Waals surface area contributed by atoms with E-state index in [1.165, 1.54) is 11.1 Å². The molecule has 3 heteroatoms. The van der Waals surface area contributed by atoms with Crippen LogP contribution >= 0.6 is 0 Å². The second kappa shape index (κ2) is 5.68. The second-order valence-corrected chi connectivity index (χ2v) is 5.64. The number of carbonyl (C=O) groups is 1. The molecule has 108 valence electrons. The van der Waals surface area contributed by atoms with Crippen molar-refractivity contribution in [1.29, 1.82) is 0 Å². The number of ketones is 1. The van der Waals surface area contributed by atoms with Crippen LogP contribution in [0, 0.1) is 13.8 Å². The summed E-state index contributed by atoms with van der Waals surface area (Å²) >= 11 is 0. The first-order valence-electron chi connectivity index (χ1n) is 7.34. The first kappa shape index (κ1) is 13.8. The molecule has 0 N–H and O–H groups in total. The number of benzene rings is 1. The highest BCUT2D eigenvalue weighted by molar-refractivity contribution is 5.95. The van der Waals surface area contributed by atoms with E-state index in [4.69, 9.17) is 4.74 Å². The van der Waals surface area contributed by atoms with Crippen molar-refractivity contribution < 1.29 is 9.53 Å². The predicted octanol–water partition coefficient (Wildman–Crippen LogP) is 3.45. The third kappa shape index (κ3) is 2.97. The van der Waals surface area contributed by atoms with E-state index >= 15 is 0 Å². The van der Waals surface area contributed by atoms with Crippen LogP contribution in [0.4, 0.5) is 0 Å². The fraction of sp³-hybridized carbons (Fsp3) is 0.333. The molecular formula is C18H19NO2. The molecule has 21 heavy (non-hydrogen) atoms. The van der Waals surface area contributed by atoms with Crippen LogP contribution in [0.3, 0.4) is 0 Å². The lowest BCUT2D eigenvalue weighted by molar-refractivity contribution is 0.0977. The number of ether oxygens (including phenoxy) is 1. The number of pyridine rings is 1. The highest BCUT2D eigenvalue weighted by Gasteiger charge is 2.14. The number of hydrogen-bond donors (Lipinski definition) is 0. The van der Waals surface area contributed by atoms with E-state index in [9.17, 15) is 4.79 Å². The molecule has 0 bridgehead atoms. The van der Waals surface area contributed by atoms with Crippen LogP contribution in [0.1, 0.15) is 39.2 Å². The summed E-state index contributed by atoms with van der Waals surface area (Å²) in [5.41, 5.74) is 5.09. The molecule has 0 unspecified atom stereocenters. The van der Waals surface area contributed by atoms with Crippen molar-refractivity contribution in [3.8, 4) is 5.75 Å². The van der Waals surface area contributed by atoms with Gasteiger partial charge >= 0.3 is 0 Å². The van der Waals surface area contributed by atoms with Gasteiger partial charge in [-0.3, -0.25) is 9.78 Å². The van der Waals surface area contributed by atoms with E-state index in [1.54, 1.807) is 6.20 Å². The Morgan fingerprint density at radius 2 is 2.14 bits per heavy atom. The van der Waals surface area contributed by atoms with Crippen LogP contribution in [0.2, 0.25) is 0 Å². The Balaban J connectivity index is 1.68. The second-order valence-electron chi connectivity index (χ2n) is 5.64. The molecule has 3 rings (SSSR count). The molecule has 1 aromatic heterocycles. The Labute approximate surface area is 125 Å². The lowest BCUT2D eigenvalue weighted by atomic mass is 10.0. The minimum Gasteiger partial charge on any atom is -0.493 e. The molecule has 1 aromatic carbocycles. The van der Waals surface area contributed by atoms with Crippen molar-refractivity contribution in [1.82, 2.24) is 4.98 Å². The summed E-state index contributed by atoms with van der Waals surface area (Å²) in [4.78, 5) is 16.6. The van der Waals surface area contributed by atoms with E-state index < -0.39 is 0 Å². The van der Waals surface area contributed by atoms with Gasteiger partial charge in [-0.2, -0.15) is 0 Å². The highest BCUT2D eigenvalue weighted by atomic mass is 16.5.